The molecule has 2 aromatic rings. The van der Waals surface area contributed by atoms with Crippen molar-refractivity contribution in [2.24, 2.45) is 0 Å². The third-order valence-corrected chi connectivity index (χ3v) is 5.89. The zero-order chi connectivity index (χ0) is 17.6. The van der Waals surface area contributed by atoms with Crippen LogP contribution in [-0.4, -0.2) is 47.6 Å². The molecule has 0 unspecified atom stereocenters. The van der Waals surface area contributed by atoms with E-state index in [0.29, 0.717) is 5.75 Å². The molecule has 0 aromatic heterocycles. The fourth-order valence-electron chi connectivity index (χ4n) is 3.48. The maximum Gasteiger partial charge on any atom is 0.115 e. The predicted molar refractivity (Wildman–Crippen MR) is 107 cm³/mol. The molecule has 3 nitrogen and oxygen atoms in total. The Morgan fingerprint density at radius 1 is 1.08 bits per heavy atom. The molecule has 0 aliphatic carbocycles. The van der Waals surface area contributed by atoms with Crippen LogP contribution in [0.1, 0.15) is 23.6 Å². The van der Waals surface area contributed by atoms with E-state index >= 15 is 0 Å². The van der Waals surface area contributed by atoms with E-state index in [0.717, 1.165) is 52.1 Å². The maximum atomic E-state index is 9.69. The molecule has 1 heterocycles. The molecule has 0 fully saturated rings. The van der Waals surface area contributed by atoms with Crippen molar-refractivity contribution in [3.8, 4) is 5.75 Å². The Labute approximate surface area is 159 Å². The van der Waals surface area contributed by atoms with Crippen molar-refractivity contribution < 1.29 is 5.11 Å². The molecule has 4 heteroatoms. The Bertz CT molecular complexity index is 704. The van der Waals surface area contributed by atoms with Gasteiger partial charge in [-0.15, -0.1) is 0 Å². The fraction of sp³-hybridized carbons (Fsp3) is 0.429. The Balaban J connectivity index is 1.53. The number of aromatic hydroxyl groups is 1. The van der Waals surface area contributed by atoms with Crippen molar-refractivity contribution in [3.05, 3.63) is 63.6 Å². The van der Waals surface area contributed by atoms with Gasteiger partial charge < -0.3 is 10.0 Å². The minimum atomic E-state index is 0.387. The molecule has 2 aromatic carbocycles. The van der Waals surface area contributed by atoms with Gasteiger partial charge in [0.05, 0.1) is 0 Å². The Hall–Kier alpha value is -1.36. The lowest BCUT2D eigenvalue weighted by Gasteiger charge is -2.26. The Morgan fingerprint density at radius 3 is 2.60 bits per heavy atom. The van der Waals surface area contributed by atoms with Gasteiger partial charge in [-0.1, -0.05) is 47.1 Å². The predicted octanol–water partition coefficient (Wildman–Crippen LogP) is 4.08. The molecule has 0 saturated heterocycles. The van der Waals surface area contributed by atoms with Crippen molar-refractivity contribution in [1.82, 2.24) is 9.80 Å². The Morgan fingerprint density at radius 2 is 1.84 bits per heavy atom. The summed E-state index contributed by atoms with van der Waals surface area (Å²) in [4.78, 5) is 5.06. The first-order chi connectivity index (χ1) is 12.2. The van der Waals surface area contributed by atoms with Gasteiger partial charge in [0, 0.05) is 37.2 Å². The van der Waals surface area contributed by atoms with Crippen LogP contribution in [0.5, 0.6) is 5.75 Å². The highest BCUT2D eigenvalue weighted by molar-refractivity contribution is 9.10. The van der Waals surface area contributed by atoms with E-state index in [2.05, 4.69) is 63.0 Å². The number of halogens is 1. The molecule has 1 aliphatic rings. The smallest absolute Gasteiger partial charge is 0.115 e. The average Bonchev–Trinajstić information content (AvgIpc) is 2.82. The minimum absolute atomic E-state index is 0.387. The first-order valence-electron chi connectivity index (χ1n) is 9.14. The van der Waals surface area contributed by atoms with E-state index in [1.165, 1.54) is 21.2 Å². The SMILES string of the molecule is CCN(CCN1CCc2ccc(O)cc2CC1)Cc1ccccc1Br. The zero-order valence-corrected chi connectivity index (χ0v) is 16.5. The molecule has 1 aliphatic heterocycles. The summed E-state index contributed by atoms with van der Waals surface area (Å²) < 4.78 is 1.19. The van der Waals surface area contributed by atoms with Crippen molar-refractivity contribution in [2.45, 2.75) is 26.3 Å². The van der Waals surface area contributed by atoms with Gasteiger partial charge in [0.25, 0.3) is 0 Å². The van der Waals surface area contributed by atoms with Crippen LogP contribution in [0.3, 0.4) is 0 Å². The van der Waals surface area contributed by atoms with E-state index in [9.17, 15) is 5.11 Å². The van der Waals surface area contributed by atoms with E-state index < -0.39 is 0 Å². The lowest BCUT2D eigenvalue weighted by atomic mass is 10.0. The van der Waals surface area contributed by atoms with Crippen molar-refractivity contribution in [3.63, 3.8) is 0 Å². The Kier molecular flexibility index (Phi) is 6.51. The average molecular weight is 403 g/mol. The number of phenols is 1. The second kappa shape index (κ2) is 8.84. The van der Waals surface area contributed by atoms with Crippen LogP contribution in [0.4, 0.5) is 0 Å². The molecule has 134 valence electrons. The number of benzene rings is 2. The molecule has 0 amide bonds. The molecule has 3 rings (SSSR count). The molecule has 0 saturated carbocycles. The molecule has 0 spiro atoms. The third-order valence-electron chi connectivity index (χ3n) is 5.12. The first kappa shape index (κ1) is 18.4. The van der Waals surface area contributed by atoms with Gasteiger partial charge in [-0.25, -0.2) is 0 Å². The van der Waals surface area contributed by atoms with Crippen molar-refractivity contribution >= 4 is 15.9 Å². The monoisotopic (exact) mass is 402 g/mol. The van der Waals surface area contributed by atoms with Crippen LogP contribution >= 0.6 is 15.9 Å². The van der Waals surface area contributed by atoms with Crippen LogP contribution in [-0.2, 0) is 19.4 Å². The second-order valence-electron chi connectivity index (χ2n) is 6.75. The quantitative estimate of drug-likeness (QED) is 0.788. The number of hydrogen-bond donors (Lipinski definition) is 1. The van der Waals surface area contributed by atoms with Gasteiger partial charge in [0.2, 0.25) is 0 Å². The fourth-order valence-corrected chi connectivity index (χ4v) is 3.89. The summed E-state index contributed by atoms with van der Waals surface area (Å²) in [5, 5.41) is 9.69. The highest BCUT2D eigenvalue weighted by Crippen LogP contribution is 2.21. The van der Waals surface area contributed by atoms with Gasteiger partial charge in [0.1, 0.15) is 5.75 Å². The zero-order valence-electron chi connectivity index (χ0n) is 14.9. The van der Waals surface area contributed by atoms with Gasteiger partial charge in [-0.05, 0) is 54.3 Å². The standard InChI is InChI=1S/C21H27BrN2O/c1-2-23(16-19-5-3-4-6-21(19)22)13-14-24-11-9-17-7-8-20(25)15-18(17)10-12-24/h3-8,15,25H,2,9-14,16H2,1H3. The molecule has 0 radical (unpaired) electrons. The second-order valence-corrected chi connectivity index (χ2v) is 7.61. The summed E-state index contributed by atoms with van der Waals surface area (Å²) in [5.41, 5.74) is 4.05. The summed E-state index contributed by atoms with van der Waals surface area (Å²) in [6.45, 7) is 8.63. The number of hydrogen-bond acceptors (Lipinski definition) is 3. The van der Waals surface area contributed by atoms with Crippen LogP contribution < -0.4 is 0 Å². The van der Waals surface area contributed by atoms with E-state index in [1.54, 1.807) is 0 Å². The number of fused-ring (bicyclic) bond motifs is 1. The molecule has 0 atom stereocenters. The molecule has 0 bridgehead atoms. The summed E-state index contributed by atoms with van der Waals surface area (Å²) in [6.07, 6.45) is 2.10. The first-order valence-corrected chi connectivity index (χ1v) is 9.94. The lowest BCUT2D eigenvalue weighted by Crippen LogP contribution is -2.36. The molecular weight excluding hydrogens is 376 g/mol. The summed E-state index contributed by atoms with van der Waals surface area (Å²) in [6, 6.07) is 14.3. The highest BCUT2D eigenvalue weighted by atomic mass is 79.9. The summed E-state index contributed by atoms with van der Waals surface area (Å²) >= 11 is 3.66. The maximum absolute atomic E-state index is 9.69. The number of nitrogens with zero attached hydrogens (tertiary/aromatic N) is 2. The van der Waals surface area contributed by atoms with Crippen LogP contribution in [0.2, 0.25) is 0 Å². The molecular formula is C21H27BrN2O. The number of phenolic OH excluding ortho intramolecular Hbond substituents is 1. The lowest BCUT2D eigenvalue weighted by molar-refractivity contribution is 0.209. The van der Waals surface area contributed by atoms with Gasteiger partial charge in [-0.2, -0.15) is 0 Å². The van der Waals surface area contributed by atoms with Gasteiger partial charge in [0.15, 0.2) is 0 Å². The van der Waals surface area contributed by atoms with Crippen molar-refractivity contribution in [1.29, 1.82) is 0 Å². The van der Waals surface area contributed by atoms with Crippen LogP contribution in [0, 0.1) is 0 Å². The van der Waals surface area contributed by atoms with E-state index in [1.807, 2.05) is 12.1 Å². The summed E-state index contributed by atoms with van der Waals surface area (Å²) in [5.74, 6) is 0.387. The molecule has 25 heavy (non-hydrogen) atoms. The normalized spacial score (nSPS) is 15.2. The highest BCUT2D eigenvalue weighted by Gasteiger charge is 2.15. The third kappa shape index (κ3) is 5.06. The number of likely N-dealkylation sites (N-methyl/N-ethyl adjacent to an activating group) is 1. The van der Waals surface area contributed by atoms with E-state index in [-0.39, 0.29) is 0 Å². The minimum Gasteiger partial charge on any atom is -0.508 e. The largest absolute Gasteiger partial charge is 0.508 e. The van der Waals surface area contributed by atoms with Gasteiger partial charge in [-0.3, -0.25) is 4.90 Å². The van der Waals surface area contributed by atoms with E-state index in [4.69, 9.17) is 0 Å². The topological polar surface area (TPSA) is 26.7 Å². The molecule has 1 N–H and O–H groups in total. The van der Waals surface area contributed by atoms with Crippen LogP contribution in [0.25, 0.3) is 0 Å². The number of rotatable bonds is 6. The van der Waals surface area contributed by atoms with Gasteiger partial charge >= 0.3 is 0 Å². The summed E-state index contributed by atoms with van der Waals surface area (Å²) in [7, 11) is 0. The van der Waals surface area contributed by atoms with Crippen molar-refractivity contribution in [2.75, 3.05) is 32.7 Å². The van der Waals surface area contributed by atoms with Crippen LogP contribution in [0.15, 0.2) is 46.9 Å².